The number of ketones is 1. The van der Waals surface area contributed by atoms with Crippen LogP contribution in [0.3, 0.4) is 0 Å². The Bertz CT molecular complexity index is 1260. The second-order valence-electron chi connectivity index (χ2n) is 7.11. The molecule has 0 bridgehead atoms. The number of carbonyl (C=O) groups is 2. The van der Waals surface area contributed by atoms with Gasteiger partial charge in [0.15, 0.2) is 5.78 Å². The molecule has 0 saturated carbocycles. The van der Waals surface area contributed by atoms with Crippen molar-refractivity contribution in [3.05, 3.63) is 75.9 Å². The molecule has 1 amide bonds. The number of piperidine rings is 1. The fourth-order valence-electron chi connectivity index (χ4n) is 3.49. The summed E-state index contributed by atoms with van der Waals surface area (Å²) in [6, 6.07) is 10.2. The Balaban J connectivity index is 1.79. The Morgan fingerprint density at radius 3 is 2.65 bits per heavy atom. The third-order valence-corrected chi connectivity index (χ3v) is 5.38. The minimum atomic E-state index is -4.44. The van der Waals surface area contributed by atoms with Crippen LogP contribution in [0, 0.1) is 0 Å². The van der Waals surface area contributed by atoms with Gasteiger partial charge in [-0.1, -0.05) is 36.0 Å². The van der Waals surface area contributed by atoms with Crippen molar-refractivity contribution >= 4 is 57.5 Å². The van der Waals surface area contributed by atoms with Gasteiger partial charge >= 0.3 is 6.18 Å². The first-order valence-electron chi connectivity index (χ1n) is 9.15. The van der Waals surface area contributed by atoms with E-state index in [1.165, 1.54) is 12.1 Å². The van der Waals surface area contributed by atoms with Crippen LogP contribution in [0.5, 0.6) is 0 Å². The summed E-state index contributed by atoms with van der Waals surface area (Å²) in [4.78, 5) is 24.7. The highest BCUT2D eigenvalue weighted by Gasteiger charge is 2.30. The number of nitrogens with one attached hydrogen (secondary N) is 1. The number of alkyl halides is 3. The predicted molar refractivity (Wildman–Crippen MR) is 116 cm³/mol. The fourth-order valence-corrected chi connectivity index (χ4v) is 3.89. The number of halogens is 4. The summed E-state index contributed by atoms with van der Waals surface area (Å²) in [5, 5.41) is 3.59. The minimum absolute atomic E-state index is 0.0355. The van der Waals surface area contributed by atoms with Gasteiger partial charge in [-0.2, -0.15) is 13.2 Å². The highest BCUT2D eigenvalue weighted by molar-refractivity contribution is 7.80. The summed E-state index contributed by atoms with van der Waals surface area (Å²) >= 11 is 11.0. The van der Waals surface area contributed by atoms with Crippen molar-refractivity contribution < 1.29 is 22.8 Å². The quantitative estimate of drug-likeness (QED) is 0.332. The van der Waals surface area contributed by atoms with E-state index in [1.807, 2.05) is 0 Å². The molecule has 158 valence electrons. The SMILES string of the molecule is O=C1CC(=S)NC(=O)/C1=C\c1cn(Cc2cccc(C(F)(F)F)c2)c2ccc(Cl)cc12. The molecule has 0 unspecified atom stereocenters. The lowest BCUT2D eigenvalue weighted by Crippen LogP contribution is -2.39. The van der Waals surface area contributed by atoms with Gasteiger partial charge in [-0.05, 0) is 42.0 Å². The summed E-state index contributed by atoms with van der Waals surface area (Å²) in [5.41, 5.74) is 0.945. The summed E-state index contributed by atoms with van der Waals surface area (Å²) in [6.07, 6.45) is -1.35. The van der Waals surface area contributed by atoms with E-state index >= 15 is 0 Å². The lowest BCUT2D eigenvalue weighted by atomic mass is 10.0. The van der Waals surface area contributed by atoms with E-state index in [0.29, 0.717) is 27.1 Å². The van der Waals surface area contributed by atoms with Crippen LogP contribution in [0.1, 0.15) is 23.1 Å². The number of hydrogen-bond donors (Lipinski definition) is 1. The molecule has 1 saturated heterocycles. The number of Topliss-reactive ketones (excluding diaryl/α,β-unsaturated/α-hetero) is 1. The maximum absolute atomic E-state index is 13.1. The minimum Gasteiger partial charge on any atom is -0.342 e. The van der Waals surface area contributed by atoms with E-state index in [9.17, 15) is 22.8 Å². The Morgan fingerprint density at radius 1 is 1.16 bits per heavy atom. The molecule has 9 heteroatoms. The van der Waals surface area contributed by atoms with E-state index in [2.05, 4.69) is 5.32 Å². The average molecular weight is 463 g/mol. The van der Waals surface area contributed by atoms with Crippen LogP contribution in [0.4, 0.5) is 13.2 Å². The first-order valence-corrected chi connectivity index (χ1v) is 9.94. The predicted octanol–water partition coefficient (Wildman–Crippen LogP) is 5.16. The van der Waals surface area contributed by atoms with Crippen LogP contribution in [0.25, 0.3) is 17.0 Å². The molecule has 2 heterocycles. The molecule has 1 aromatic heterocycles. The number of rotatable bonds is 3. The van der Waals surface area contributed by atoms with Gasteiger partial charge in [-0.25, -0.2) is 0 Å². The van der Waals surface area contributed by atoms with E-state index in [-0.39, 0.29) is 23.5 Å². The van der Waals surface area contributed by atoms with Crippen molar-refractivity contribution in [1.82, 2.24) is 9.88 Å². The lowest BCUT2D eigenvalue weighted by molar-refractivity contribution is -0.137. The van der Waals surface area contributed by atoms with Gasteiger partial charge in [-0.15, -0.1) is 0 Å². The van der Waals surface area contributed by atoms with Crippen molar-refractivity contribution in [2.45, 2.75) is 19.1 Å². The second kappa shape index (κ2) is 7.94. The smallest absolute Gasteiger partial charge is 0.342 e. The van der Waals surface area contributed by atoms with E-state index in [0.717, 1.165) is 12.1 Å². The highest BCUT2D eigenvalue weighted by atomic mass is 35.5. The van der Waals surface area contributed by atoms with Gasteiger partial charge in [-0.3, -0.25) is 9.59 Å². The number of benzene rings is 2. The van der Waals surface area contributed by atoms with Crippen LogP contribution < -0.4 is 5.32 Å². The molecule has 0 atom stereocenters. The zero-order chi connectivity index (χ0) is 22.3. The van der Waals surface area contributed by atoms with Crippen molar-refractivity contribution in [1.29, 1.82) is 0 Å². The van der Waals surface area contributed by atoms with Crippen molar-refractivity contribution in [3.8, 4) is 0 Å². The molecule has 1 aliphatic heterocycles. The van der Waals surface area contributed by atoms with Crippen LogP contribution in [-0.2, 0) is 22.3 Å². The Labute approximate surface area is 185 Å². The number of thiocarbonyl (C=S) groups is 1. The average Bonchev–Trinajstić information content (AvgIpc) is 3.00. The Morgan fingerprint density at radius 2 is 1.94 bits per heavy atom. The van der Waals surface area contributed by atoms with Crippen LogP contribution >= 0.6 is 23.8 Å². The number of carbonyl (C=O) groups excluding carboxylic acids is 2. The first kappa shape index (κ1) is 21.3. The third-order valence-electron chi connectivity index (χ3n) is 4.90. The molecule has 1 aliphatic rings. The molecule has 4 rings (SSSR count). The molecule has 2 aromatic carbocycles. The number of aromatic nitrogens is 1. The van der Waals surface area contributed by atoms with Gasteiger partial charge in [0.05, 0.1) is 22.5 Å². The molecule has 3 aromatic rings. The number of nitrogens with zero attached hydrogens (tertiary/aromatic N) is 1. The zero-order valence-electron chi connectivity index (χ0n) is 15.8. The van der Waals surface area contributed by atoms with Gasteiger partial charge in [0.1, 0.15) is 0 Å². The largest absolute Gasteiger partial charge is 0.416 e. The molecule has 4 nitrogen and oxygen atoms in total. The molecule has 31 heavy (non-hydrogen) atoms. The molecule has 0 radical (unpaired) electrons. The van der Waals surface area contributed by atoms with Crippen LogP contribution in [0.15, 0.2) is 54.2 Å². The summed E-state index contributed by atoms with van der Waals surface area (Å²) in [7, 11) is 0. The molecule has 0 aliphatic carbocycles. The Hall–Kier alpha value is -2.97. The van der Waals surface area contributed by atoms with Crippen LogP contribution in [-0.4, -0.2) is 21.2 Å². The third kappa shape index (κ3) is 4.40. The molecular formula is C22H14ClF3N2O2S. The number of hydrogen-bond acceptors (Lipinski definition) is 3. The van der Waals surface area contributed by atoms with Crippen LogP contribution in [0.2, 0.25) is 5.02 Å². The second-order valence-corrected chi connectivity index (χ2v) is 8.04. The van der Waals surface area contributed by atoms with E-state index < -0.39 is 23.4 Å². The highest BCUT2D eigenvalue weighted by Crippen LogP contribution is 2.31. The van der Waals surface area contributed by atoms with Gasteiger partial charge in [0, 0.05) is 34.2 Å². The van der Waals surface area contributed by atoms with Gasteiger partial charge in [0.25, 0.3) is 5.91 Å². The normalized spacial score (nSPS) is 16.3. The van der Waals surface area contributed by atoms with Gasteiger partial charge in [0.2, 0.25) is 0 Å². The summed E-state index contributed by atoms with van der Waals surface area (Å²) in [6.45, 7) is 0.162. The van der Waals surface area contributed by atoms with E-state index in [4.69, 9.17) is 23.8 Å². The summed E-state index contributed by atoms with van der Waals surface area (Å²) in [5.74, 6) is -0.975. The lowest BCUT2D eigenvalue weighted by Gasteiger charge is -2.14. The van der Waals surface area contributed by atoms with Crippen molar-refractivity contribution in [2.24, 2.45) is 0 Å². The fraction of sp³-hybridized carbons (Fsp3) is 0.136. The number of fused-ring (bicyclic) bond motifs is 1. The molecular weight excluding hydrogens is 449 g/mol. The number of amides is 1. The van der Waals surface area contributed by atoms with Gasteiger partial charge < -0.3 is 9.88 Å². The maximum Gasteiger partial charge on any atom is 0.416 e. The molecule has 1 fully saturated rings. The molecule has 0 spiro atoms. The first-order chi connectivity index (χ1) is 14.6. The van der Waals surface area contributed by atoms with Crippen molar-refractivity contribution in [2.75, 3.05) is 0 Å². The maximum atomic E-state index is 13.1. The summed E-state index contributed by atoms with van der Waals surface area (Å²) < 4.78 is 40.9. The van der Waals surface area contributed by atoms with Crippen molar-refractivity contribution in [3.63, 3.8) is 0 Å². The standard InChI is InChI=1S/C22H14ClF3N2O2S/c23-15-4-5-18-16(8-15)13(7-17-19(29)9-20(31)27-21(17)30)11-28(18)10-12-2-1-3-14(6-12)22(24,25)26/h1-8,11H,9-10H2,(H,27,30,31)/b17-7-. The topological polar surface area (TPSA) is 51.1 Å². The Kier molecular flexibility index (Phi) is 5.45. The zero-order valence-corrected chi connectivity index (χ0v) is 17.4. The monoisotopic (exact) mass is 462 g/mol. The molecule has 1 N–H and O–H groups in total. The van der Waals surface area contributed by atoms with E-state index in [1.54, 1.807) is 35.0 Å².